The van der Waals surface area contributed by atoms with Crippen molar-refractivity contribution in [2.75, 3.05) is 7.05 Å². The molecule has 0 aliphatic heterocycles. The molecule has 0 N–H and O–H groups in total. The van der Waals surface area contributed by atoms with Crippen molar-refractivity contribution in [1.29, 1.82) is 0 Å². The molecule has 2 nitrogen and oxygen atoms in total. The molecule has 1 unspecified atom stereocenters. The summed E-state index contributed by atoms with van der Waals surface area (Å²) >= 11 is 0. The molecule has 0 aliphatic rings. The van der Waals surface area contributed by atoms with E-state index in [1.807, 2.05) is 12.2 Å². The van der Waals surface area contributed by atoms with Gasteiger partial charge in [0.2, 0.25) is 0 Å². The van der Waals surface area contributed by atoms with Crippen molar-refractivity contribution >= 4 is 11.4 Å². The van der Waals surface area contributed by atoms with Crippen molar-refractivity contribution < 1.29 is 0 Å². The molecule has 0 saturated carbocycles. The van der Waals surface area contributed by atoms with Gasteiger partial charge in [-0.15, -0.1) is 6.58 Å². The number of nitrogens with zero attached hydrogens (tertiary/aromatic N) is 2. The van der Waals surface area contributed by atoms with Gasteiger partial charge in [0.05, 0.1) is 11.4 Å². The molecule has 0 saturated heterocycles. The summed E-state index contributed by atoms with van der Waals surface area (Å²) in [6.45, 7) is 18.1. The van der Waals surface area contributed by atoms with Crippen molar-refractivity contribution in [2.24, 2.45) is 4.99 Å². The Bertz CT molecular complexity index is 679. The third-order valence-corrected chi connectivity index (χ3v) is 4.63. The van der Waals surface area contributed by atoms with Crippen molar-refractivity contribution in [2.45, 2.75) is 52.5 Å². The van der Waals surface area contributed by atoms with E-state index in [4.69, 9.17) is 4.99 Å². The van der Waals surface area contributed by atoms with Crippen LogP contribution in [0.5, 0.6) is 0 Å². The minimum atomic E-state index is 0.460. The predicted octanol–water partition coefficient (Wildman–Crippen LogP) is 6.70. The van der Waals surface area contributed by atoms with E-state index in [2.05, 4.69) is 76.9 Å². The molecule has 140 valence electrons. The van der Waals surface area contributed by atoms with Crippen LogP contribution in [-0.4, -0.2) is 23.7 Å². The largest absolute Gasteiger partial charge is 0.377 e. The topological polar surface area (TPSA) is 15.6 Å². The molecular formula is C24H34N2. The average molecular weight is 351 g/mol. The molecule has 0 aromatic heterocycles. The van der Waals surface area contributed by atoms with Crippen LogP contribution in [0.15, 0.2) is 72.9 Å². The van der Waals surface area contributed by atoms with Crippen LogP contribution in [0, 0.1) is 13.8 Å². The molecule has 0 aliphatic carbocycles. The van der Waals surface area contributed by atoms with Gasteiger partial charge < -0.3 is 4.90 Å². The molecule has 0 amide bonds. The summed E-state index contributed by atoms with van der Waals surface area (Å²) in [5.41, 5.74) is 5.17. The maximum Gasteiger partial charge on any atom is 0.0717 e. The molecular weight excluding hydrogens is 316 g/mol. The number of benzene rings is 1. The minimum Gasteiger partial charge on any atom is -0.377 e. The molecule has 0 spiro atoms. The zero-order valence-corrected chi connectivity index (χ0v) is 17.0. The number of unbranched alkanes of at least 4 members (excludes halogenated alkanes) is 2. The van der Waals surface area contributed by atoms with Gasteiger partial charge in [-0.3, -0.25) is 0 Å². The van der Waals surface area contributed by atoms with E-state index in [-0.39, 0.29) is 0 Å². The van der Waals surface area contributed by atoms with Gasteiger partial charge in [-0.1, -0.05) is 43.9 Å². The fourth-order valence-corrected chi connectivity index (χ4v) is 2.70. The first kappa shape index (κ1) is 21.7. The Morgan fingerprint density at radius 1 is 1.15 bits per heavy atom. The van der Waals surface area contributed by atoms with Crippen LogP contribution in [0.2, 0.25) is 0 Å². The summed E-state index contributed by atoms with van der Waals surface area (Å²) < 4.78 is 0. The zero-order valence-electron chi connectivity index (χ0n) is 17.0. The van der Waals surface area contributed by atoms with Crippen LogP contribution in [0.3, 0.4) is 0 Å². The minimum absolute atomic E-state index is 0.460. The summed E-state index contributed by atoms with van der Waals surface area (Å²) in [7, 11) is 2.11. The average Bonchev–Trinajstić information content (AvgIpc) is 2.63. The van der Waals surface area contributed by atoms with Crippen LogP contribution < -0.4 is 0 Å². The first-order valence-corrected chi connectivity index (χ1v) is 9.38. The fraction of sp³-hybridized carbons (Fsp3) is 0.375. The first-order valence-electron chi connectivity index (χ1n) is 9.38. The molecule has 1 aromatic carbocycles. The van der Waals surface area contributed by atoms with E-state index in [9.17, 15) is 0 Å². The molecule has 0 bridgehead atoms. The number of allylic oxidation sites excluding steroid dienone is 4. The first-order chi connectivity index (χ1) is 12.4. The lowest BCUT2D eigenvalue weighted by molar-refractivity contribution is 0.325. The molecule has 2 heteroatoms. The number of hydrogen-bond acceptors (Lipinski definition) is 2. The maximum absolute atomic E-state index is 4.83. The van der Waals surface area contributed by atoms with Crippen LogP contribution in [0.4, 0.5) is 5.69 Å². The van der Waals surface area contributed by atoms with Crippen molar-refractivity contribution in [3.63, 3.8) is 0 Å². The summed E-state index contributed by atoms with van der Waals surface area (Å²) in [6, 6.07) is 6.77. The Kier molecular flexibility index (Phi) is 9.43. The lowest BCUT2D eigenvalue weighted by Crippen LogP contribution is -2.24. The third-order valence-electron chi connectivity index (χ3n) is 4.63. The number of rotatable bonds is 11. The molecule has 0 heterocycles. The van der Waals surface area contributed by atoms with E-state index in [1.165, 1.54) is 18.4 Å². The molecule has 1 rings (SSSR count). The lowest BCUT2D eigenvalue weighted by Gasteiger charge is -2.24. The Balaban J connectivity index is 2.98. The highest BCUT2D eigenvalue weighted by Gasteiger charge is 2.09. The van der Waals surface area contributed by atoms with Gasteiger partial charge >= 0.3 is 0 Å². The third kappa shape index (κ3) is 6.87. The van der Waals surface area contributed by atoms with Crippen molar-refractivity contribution in [1.82, 2.24) is 4.90 Å². The molecule has 0 fully saturated rings. The summed E-state index contributed by atoms with van der Waals surface area (Å²) in [6.07, 6.45) is 12.4. The van der Waals surface area contributed by atoms with E-state index in [0.717, 1.165) is 35.4 Å². The monoisotopic (exact) mass is 350 g/mol. The van der Waals surface area contributed by atoms with Crippen LogP contribution in [0.25, 0.3) is 0 Å². The maximum atomic E-state index is 4.83. The summed E-state index contributed by atoms with van der Waals surface area (Å²) in [4.78, 5) is 7.07. The predicted molar refractivity (Wildman–Crippen MR) is 117 cm³/mol. The van der Waals surface area contributed by atoms with Gasteiger partial charge in [0.25, 0.3) is 0 Å². The second-order valence-corrected chi connectivity index (χ2v) is 6.87. The van der Waals surface area contributed by atoms with Gasteiger partial charge in [-0.2, -0.15) is 0 Å². The van der Waals surface area contributed by atoms with E-state index in [1.54, 1.807) is 6.08 Å². The van der Waals surface area contributed by atoms with Crippen molar-refractivity contribution in [3.8, 4) is 0 Å². The number of aryl methyl sites for hydroxylation is 2. The highest BCUT2D eigenvalue weighted by molar-refractivity contribution is 6.11. The highest BCUT2D eigenvalue weighted by atomic mass is 15.1. The zero-order chi connectivity index (χ0) is 19.5. The van der Waals surface area contributed by atoms with Gasteiger partial charge in [0, 0.05) is 24.9 Å². The van der Waals surface area contributed by atoms with E-state index in [0.29, 0.717) is 6.04 Å². The fourth-order valence-electron chi connectivity index (χ4n) is 2.70. The molecule has 26 heavy (non-hydrogen) atoms. The summed E-state index contributed by atoms with van der Waals surface area (Å²) in [5, 5.41) is 0. The van der Waals surface area contributed by atoms with E-state index >= 15 is 0 Å². The van der Waals surface area contributed by atoms with Gasteiger partial charge in [0.1, 0.15) is 0 Å². The van der Waals surface area contributed by atoms with E-state index < -0.39 is 0 Å². The number of aliphatic imine (C=N–C) groups is 1. The normalized spacial score (nSPS) is 13.2. The standard InChI is InChI=1S/C24H34N2/c1-8-11-12-13-14-21(6)26(7)18-22(9-2)23(10-3)25-24-17-19(4)15-16-20(24)5/h8-10,15-18,21H,1-3,11-14H2,4-7H3/b22-18+,25-23?. The van der Waals surface area contributed by atoms with Crippen LogP contribution in [-0.2, 0) is 0 Å². The van der Waals surface area contributed by atoms with Gasteiger partial charge in [0.15, 0.2) is 0 Å². The quantitative estimate of drug-likeness (QED) is 0.188. The second-order valence-electron chi connectivity index (χ2n) is 6.87. The van der Waals surface area contributed by atoms with Gasteiger partial charge in [-0.05, 0) is 63.3 Å². The Hall–Kier alpha value is -2.35. The Morgan fingerprint density at radius 3 is 2.50 bits per heavy atom. The number of hydrogen-bond donors (Lipinski definition) is 0. The molecule has 0 radical (unpaired) electrons. The Morgan fingerprint density at radius 2 is 1.88 bits per heavy atom. The molecule has 1 aromatic rings. The SMILES string of the molecule is C=CCCCCC(C)N(C)/C=C(\C=C)C(C=C)=Nc1cc(C)ccc1C. The smallest absolute Gasteiger partial charge is 0.0717 e. The highest BCUT2D eigenvalue weighted by Crippen LogP contribution is 2.22. The van der Waals surface area contributed by atoms with Crippen LogP contribution >= 0.6 is 0 Å². The van der Waals surface area contributed by atoms with Crippen molar-refractivity contribution in [3.05, 3.63) is 79.1 Å². The molecule has 1 atom stereocenters. The van der Waals surface area contributed by atoms with Crippen LogP contribution in [0.1, 0.15) is 43.7 Å². The lowest BCUT2D eigenvalue weighted by atomic mass is 10.1. The second kappa shape index (κ2) is 11.3. The Labute approximate surface area is 160 Å². The van der Waals surface area contributed by atoms with Gasteiger partial charge in [-0.25, -0.2) is 4.99 Å². The summed E-state index contributed by atoms with van der Waals surface area (Å²) in [5.74, 6) is 0.